The van der Waals surface area contributed by atoms with E-state index in [-0.39, 0.29) is 5.78 Å². The fourth-order valence-electron chi connectivity index (χ4n) is 2.65. The average molecular weight is 332 g/mol. The number of ketones is 1. The molecule has 1 aliphatic rings. The van der Waals surface area contributed by atoms with Gasteiger partial charge >= 0.3 is 0 Å². The molecule has 0 saturated carbocycles. The van der Waals surface area contributed by atoms with Gasteiger partial charge in [0.15, 0.2) is 5.78 Å². The molecule has 1 amide bonds. The predicted molar refractivity (Wildman–Crippen MR) is 85.7 cm³/mol. The van der Waals surface area contributed by atoms with Gasteiger partial charge in [0.25, 0.3) is 11.7 Å². The first-order chi connectivity index (χ1) is 11.0. The molecule has 23 heavy (non-hydrogen) atoms. The molecule has 2 aromatic carbocycles. The Hall–Kier alpha value is -2.21. The summed E-state index contributed by atoms with van der Waals surface area (Å²) >= 11 is 5.84. The monoisotopic (exact) mass is 331 g/mol. The van der Waals surface area contributed by atoms with Crippen molar-refractivity contribution in [3.63, 3.8) is 0 Å². The van der Waals surface area contributed by atoms with E-state index < -0.39 is 11.7 Å². The number of rotatable bonds is 4. The molecule has 3 rings (SSSR count). The van der Waals surface area contributed by atoms with E-state index in [1.54, 1.807) is 42.5 Å². The zero-order valence-electron chi connectivity index (χ0n) is 12.6. The summed E-state index contributed by atoms with van der Waals surface area (Å²) in [5.74, 6) is -2.13. The van der Waals surface area contributed by atoms with Crippen molar-refractivity contribution in [2.24, 2.45) is 0 Å². The Morgan fingerprint density at radius 2 is 1.65 bits per heavy atom. The number of ether oxygens (including phenoxy) is 2. The summed E-state index contributed by atoms with van der Waals surface area (Å²) < 4.78 is 10.6. The molecule has 5 nitrogen and oxygen atoms in total. The summed E-state index contributed by atoms with van der Waals surface area (Å²) in [7, 11) is 2.76. The molecular weight excluding hydrogens is 318 g/mol. The lowest BCUT2D eigenvalue weighted by Gasteiger charge is -2.23. The van der Waals surface area contributed by atoms with Gasteiger partial charge in [-0.1, -0.05) is 11.6 Å². The number of nitrogens with one attached hydrogen (secondary N) is 1. The Bertz CT molecular complexity index is 782. The van der Waals surface area contributed by atoms with Crippen molar-refractivity contribution in [1.29, 1.82) is 0 Å². The lowest BCUT2D eigenvalue weighted by atomic mass is 9.98. The van der Waals surface area contributed by atoms with Gasteiger partial charge in [0.2, 0.25) is 0 Å². The number of anilines is 1. The molecule has 0 atom stereocenters. The van der Waals surface area contributed by atoms with Crippen LogP contribution in [0, 0.1) is 0 Å². The van der Waals surface area contributed by atoms with E-state index in [0.29, 0.717) is 27.4 Å². The zero-order valence-corrected chi connectivity index (χ0v) is 13.3. The summed E-state index contributed by atoms with van der Waals surface area (Å²) in [4.78, 5) is 24.7. The third-order valence-corrected chi connectivity index (χ3v) is 4.12. The molecule has 0 radical (unpaired) electrons. The minimum absolute atomic E-state index is 0.176. The van der Waals surface area contributed by atoms with E-state index in [1.807, 2.05) is 0 Å². The van der Waals surface area contributed by atoms with Gasteiger partial charge < -0.3 is 14.8 Å². The molecule has 0 unspecified atom stereocenters. The topological polar surface area (TPSA) is 64.6 Å². The maximum absolute atomic E-state index is 12.6. The quantitative estimate of drug-likeness (QED) is 0.691. The zero-order chi connectivity index (χ0) is 16.6. The van der Waals surface area contributed by atoms with Crippen molar-refractivity contribution in [2.45, 2.75) is 5.79 Å². The van der Waals surface area contributed by atoms with E-state index in [1.165, 1.54) is 14.2 Å². The van der Waals surface area contributed by atoms with Gasteiger partial charge in [0.1, 0.15) is 0 Å². The van der Waals surface area contributed by atoms with Crippen molar-refractivity contribution in [3.8, 4) is 0 Å². The molecule has 1 heterocycles. The first kappa shape index (κ1) is 15.7. The van der Waals surface area contributed by atoms with Crippen LogP contribution < -0.4 is 5.32 Å². The third-order valence-electron chi connectivity index (χ3n) is 3.86. The van der Waals surface area contributed by atoms with Crippen molar-refractivity contribution in [1.82, 2.24) is 0 Å². The number of carbonyl (C=O) groups is 2. The number of methoxy groups -OCH3 is 2. The van der Waals surface area contributed by atoms with Crippen LogP contribution in [0.15, 0.2) is 42.5 Å². The summed E-state index contributed by atoms with van der Waals surface area (Å²) in [6, 6.07) is 11.5. The lowest BCUT2D eigenvalue weighted by molar-refractivity contribution is -0.207. The second kappa shape index (κ2) is 5.77. The molecule has 0 fully saturated rings. The number of carbonyl (C=O) groups excluding carboxylic acids is 2. The van der Waals surface area contributed by atoms with Crippen molar-refractivity contribution in [2.75, 3.05) is 19.5 Å². The van der Waals surface area contributed by atoms with E-state index >= 15 is 0 Å². The van der Waals surface area contributed by atoms with Crippen molar-refractivity contribution >= 4 is 29.0 Å². The molecule has 0 aliphatic carbocycles. The van der Waals surface area contributed by atoms with Crippen LogP contribution in [0.3, 0.4) is 0 Å². The first-order valence-electron chi connectivity index (χ1n) is 6.88. The Labute approximate surface area is 138 Å². The average Bonchev–Trinajstić information content (AvgIpc) is 2.85. The second-order valence-corrected chi connectivity index (χ2v) is 5.51. The van der Waals surface area contributed by atoms with Gasteiger partial charge in [-0.05, 0) is 42.5 Å². The summed E-state index contributed by atoms with van der Waals surface area (Å²) in [6.45, 7) is 0. The Morgan fingerprint density at radius 1 is 1.04 bits per heavy atom. The number of halogens is 1. The molecule has 0 saturated heterocycles. The van der Waals surface area contributed by atoms with Gasteiger partial charge in [-0.25, -0.2) is 0 Å². The van der Waals surface area contributed by atoms with Crippen LogP contribution in [0.25, 0.3) is 0 Å². The highest BCUT2D eigenvalue weighted by atomic mass is 35.5. The Balaban J connectivity index is 2.05. The number of amides is 1. The van der Waals surface area contributed by atoms with Crippen LogP contribution >= 0.6 is 11.6 Å². The molecule has 6 heteroatoms. The number of hydrogen-bond donors (Lipinski definition) is 1. The molecule has 0 spiro atoms. The normalized spacial score (nSPS) is 15.2. The number of benzene rings is 2. The van der Waals surface area contributed by atoms with Gasteiger partial charge in [-0.15, -0.1) is 0 Å². The van der Waals surface area contributed by atoms with Crippen molar-refractivity contribution < 1.29 is 19.1 Å². The molecule has 1 N–H and O–H groups in total. The Morgan fingerprint density at radius 3 is 2.26 bits per heavy atom. The second-order valence-electron chi connectivity index (χ2n) is 5.08. The maximum atomic E-state index is 12.6. The van der Waals surface area contributed by atoms with Crippen LogP contribution in [0.5, 0.6) is 0 Å². The number of hydrogen-bond acceptors (Lipinski definition) is 4. The van der Waals surface area contributed by atoms with Crippen LogP contribution in [0.1, 0.15) is 21.5 Å². The molecule has 0 bridgehead atoms. The third kappa shape index (κ3) is 2.43. The molecular formula is C17H14ClNO4. The first-order valence-corrected chi connectivity index (χ1v) is 7.26. The van der Waals surface area contributed by atoms with E-state index in [9.17, 15) is 9.59 Å². The van der Waals surface area contributed by atoms with Gasteiger partial charge in [-0.3, -0.25) is 9.59 Å². The fraction of sp³-hybridized carbons (Fsp3) is 0.176. The Kier molecular flexibility index (Phi) is 3.93. The molecule has 0 aromatic heterocycles. The SMILES string of the molecule is COC1(OC)C(=O)Nc2ccc(C(=O)c3ccc(Cl)cc3)cc21. The largest absolute Gasteiger partial charge is 0.342 e. The van der Waals surface area contributed by atoms with Gasteiger partial charge in [0, 0.05) is 35.9 Å². The van der Waals surface area contributed by atoms with Crippen LogP contribution in [0.2, 0.25) is 5.02 Å². The van der Waals surface area contributed by atoms with Crippen LogP contribution in [0.4, 0.5) is 5.69 Å². The van der Waals surface area contributed by atoms with Gasteiger partial charge in [-0.2, -0.15) is 0 Å². The smallest absolute Gasteiger partial charge is 0.289 e. The highest BCUT2D eigenvalue weighted by molar-refractivity contribution is 6.30. The summed E-state index contributed by atoms with van der Waals surface area (Å²) in [6.07, 6.45) is 0. The standard InChI is InChI=1S/C17H14ClNO4/c1-22-17(23-2)13-9-11(5-8-14(13)19-16(17)21)15(20)10-3-6-12(18)7-4-10/h3-9H,1-2H3,(H,19,21). The fourth-order valence-corrected chi connectivity index (χ4v) is 2.78. The highest BCUT2D eigenvalue weighted by Crippen LogP contribution is 2.39. The minimum atomic E-state index is -1.54. The lowest BCUT2D eigenvalue weighted by Crippen LogP contribution is -2.38. The predicted octanol–water partition coefficient (Wildman–Crippen LogP) is 2.97. The van der Waals surface area contributed by atoms with Crippen LogP contribution in [-0.4, -0.2) is 25.9 Å². The number of fused-ring (bicyclic) bond motifs is 1. The van der Waals surface area contributed by atoms with Crippen molar-refractivity contribution in [3.05, 3.63) is 64.2 Å². The summed E-state index contributed by atoms with van der Waals surface area (Å²) in [5, 5.41) is 3.24. The van der Waals surface area contributed by atoms with E-state index in [2.05, 4.69) is 5.32 Å². The molecule has 118 valence electrons. The molecule has 1 aliphatic heterocycles. The van der Waals surface area contributed by atoms with Gasteiger partial charge in [0.05, 0.1) is 5.69 Å². The minimum Gasteiger partial charge on any atom is -0.342 e. The highest BCUT2D eigenvalue weighted by Gasteiger charge is 2.48. The van der Waals surface area contributed by atoms with E-state index in [4.69, 9.17) is 21.1 Å². The summed E-state index contributed by atoms with van der Waals surface area (Å²) in [5.41, 5.74) is 1.98. The molecule has 2 aromatic rings. The van der Waals surface area contributed by atoms with E-state index in [0.717, 1.165) is 0 Å². The van der Waals surface area contributed by atoms with Crippen LogP contribution in [-0.2, 0) is 20.1 Å². The maximum Gasteiger partial charge on any atom is 0.289 e.